The van der Waals surface area contributed by atoms with Gasteiger partial charge in [-0.05, 0) is 6.42 Å². The van der Waals surface area contributed by atoms with E-state index >= 15 is 0 Å². The van der Waals surface area contributed by atoms with Gasteiger partial charge in [0.25, 0.3) is 0 Å². The molecule has 1 N–H and O–H groups in total. The number of rotatable bonds is 4. The molecule has 0 aromatic heterocycles. The largest absolute Gasteiger partial charge is 0.380 e. The van der Waals surface area contributed by atoms with Gasteiger partial charge < -0.3 is 19.7 Å². The Hall–Kier alpha value is -0.650. The summed E-state index contributed by atoms with van der Waals surface area (Å²) in [4.78, 5) is 13.7. The van der Waals surface area contributed by atoms with Gasteiger partial charge in [0.2, 0.25) is 5.91 Å². The molecule has 0 aromatic carbocycles. The molecule has 0 saturated carbocycles. The van der Waals surface area contributed by atoms with Gasteiger partial charge >= 0.3 is 0 Å². The number of ether oxygens (including phenoxy) is 2. The van der Waals surface area contributed by atoms with E-state index in [-0.39, 0.29) is 5.91 Å². The maximum Gasteiger partial charge on any atom is 0.224 e. The van der Waals surface area contributed by atoms with E-state index in [4.69, 9.17) is 9.47 Å². The first-order valence-corrected chi connectivity index (χ1v) is 6.03. The number of nitrogens with one attached hydrogen (secondary N) is 1. The summed E-state index contributed by atoms with van der Waals surface area (Å²) in [5.74, 6) is 0.231. The first kappa shape index (κ1) is 11.8. The van der Waals surface area contributed by atoms with E-state index in [1.807, 2.05) is 4.90 Å². The molecule has 0 aliphatic carbocycles. The molecule has 2 fully saturated rings. The Morgan fingerprint density at radius 1 is 1.25 bits per heavy atom. The van der Waals surface area contributed by atoms with Crippen molar-refractivity contribution in [2.24, 2.45) is 0 Å². The summed E-state index contributed by atoms with van der Waals surface area (Å²) in [5.41, 5.74) is 0. The number of amides is 1. The monoisotopic (exact) mass is 228 g/mol. The van der Waals surface area contributed by atoms with E-state index in [1.54, 1.807) is 0 Å². The molecule has 0 radical (unpaired) electrons. The SMILES string of the molecule is O=C(CCNC1CCOC1)N1CCOCC1. The molecule has 2 rings (SSSR count). The summed E-state index contributed by atoms with van der Waals surface area (Å²) in [5, 5.41) is 3.35. The quantitative estimate of drug-likeness (QED) is 0.712. The fourth-order valence-electron chi connectivity index (χ4n) is 2.05. The average Bonchev–Trinajstić information content (AvgIpc) is 2.83. The molecule has 0 aromatic rings. The second-order valence-electron chi connectivity index (χ2n) is 4.26. The standard InChI is InChI=1S/C11H20N2O3/c14-11(13-4-7-15-8-5-13)1-3-12-10-2-6-16-9-10/h10,12H,1-9H2. The molecule has 1 atom stereocenters. The minimum atomic E-state index is 0.231. The van der Waals surface area contributed by atoms with E-state index in [1.165, 1.54) is 0 Å². The summed E-state index contributed by atoms with van der Waals surface area (Å²) in [7, 11) is 0. The van der Waals surface area contributed by atoms with Crippen molar-refractivity contribution in [3.63, 3.8) is 0 Å². The molecule has 2 heterocycles. The fraction of sp³-hybridized carbons (Fsp3) is 0.909. The topological polar surface area (TPSA) is 50.8 Å². The van der Waals surface area contributed by atoms with Gasteiger partial charge in [-0.25, -0.2) is 0 Å². The molecule has 16 heavy (non-hydrogen) atoms. The summed E-state index contributed by atoms with van der Waals surface area (Å²) < 4.78 is 10.5. The molecule has 2 saturated heterocycles. The van der Waals surface area contributed by atoms with Crippen LogP contribution in [0.5, 0.6) is 0 Å². The molecule has 2 aliphatic heterocycles. The van der Waals surface area contributed by atoms with E-state index in [0.717, 1.165) is 39.3 Å². The Morgan fingerprint density at radius 2 is 2.06 bits per heavy atom. The van der Waals surface area contributed by atoms with Crippen LogP contribution in [0.2, 0.25) is 0 Å². The van der Waals surface area contributed by atoms with Crippen LogP contribution in [0.3, 0.4) is 0 Å². The number of morpholine rings is 1. The highest BCUT2D eigenvalue weighted by atomic mass is 16.5. The molecule has 5 nitrogen and oxygen atoms in total. The fourth-order valence-corrected chi connectivity index (χ4v) is 2.05. The van der Waals surface area contributed by atoms with E-state index in [2.05, 4.69) is 5.32 Å². The zero-order valence-corrected chi connectivity index (χ0v) is 9.61. The van der Waals surface area contributed by atoms with Crippen LogP contribution in [0.1, 0.15) is 12.8 Å². The lowest BCUT2D eigenvalue weighted by Gasteiger charge is -2.27. The third-order valence-corrected chi connectivity index (χ3v) is 3.07. The number of hydrogen-bond donors (Lipinski definition) is 1. The Labute approximate surface area is 96.1 Å². The number of hydrogen-bond acceptors (Lipinski definition) is 4. The predicted molar refractivity (Wildman–Crippen MR) is 59.2 cm³/mol. The second kappa shape index (κ2) is 6.18. The second-order valence-corrected chi connectivity index (χ2v) is 4.26. The van der Waals surface area contributed by atoms with Gasteiger partial charge in [0.05, 0.1) is 19.8 Å². The molecule has 2 aliphatic rings. The van der Waals surface area contributed by atoms with Gasteiger partial charge in [-0.2, -0.15) is 0 Å². The molecular weight excluding hydrogens is 208 g/mol. The third-order valence-electron chi connectivity index (χ3n) is 3.07. The van der Waals surface area contributed by atoms with Gasteiger partial charge in [0, 0.05) is 38.7 Å². The Bertz CT molecular complexity index is 223. The van der Waals surface area contributed by atoms with E-state index < -0.39 is 0 Å². The highest BCUT2D eigenvalue weighted by Crippen LogP contribution is 2.04. The van der Waals surface area contributed by atoms with Crippen LogP contribution < -0.4 is 5.32 Å². The van der Waals surface area contributed by atoms with Crippen LogP contribution in [-0.4, -0.2) is 62.9 Å². The maximum absolute atomic E-state index is 11.8. The van der Waals surface area contributed by atoms with Gasteiger partial charge in [0.15, 0.2) is 0 Å². The first-order valence-electron chi connectivity index (χ1n) is 6.03. The van der Waals surface area contributed by atoms with Crippen LogP contribution in [0, 0.1) is 0 Å². The van der Waals surface area contributed by atoms with Crippen LogP contribution in [-0.2, 0) is 14.3 Å². The molecule has 92 valence electrons. The third kappa shape index (κ3) is 3.43. The molecule has 0 spiro atoms. The Kier molecular flexibility index (Phi) is 4.56. The predicted octanol–water partition coefficient (Wildman–Crippen LogP) is -0.386. The van der Waals surface area contributed by atoms with Crippen LogP contribution in [0.25, 0.3) is 0 Å². The lowest BCUT2D eigenvalue weighted by molar-refractivity contribution is -0.135. The normalized spacial score (nSPS) is 26.0. The molecule has 1 amide bonds. The summed E-state index contributed by atoms with van der Waals surface area (Å²) in [6.45, 7) is 5.22. The van der Waals surface area contributed by atoms with Crippen LogP contribution in [0.4, 0.5) is 0 Å². The van der Waals surface area contributed by atoms with Gasteiger partial charge in [0.1, 0.15) is 0 Å². The summed E-state index contributed by atoms with van der Waals surface area (Å²) >= 11 is 0. The van der Waals surface area contributed by atoms with Crippen LogP contribution in [0.15, 0.2) is 0 Å². The van der Waals surface area contributed by atoms with Gasteiger partial charge in [-0.3, -0.25) is 4.79 Å². The molecule has 5 heteroatoms. The smallest absolute Gasteiger partial charge is 0.224 e. The van der Waals surface area contributed by atoms with Crippen molar-refractivity contribution in [2.45, 2.75) is 18.9 Å². The van der Waals surface area contributed by atoms with Crippen molar-refractivity contribution in [3.8, 4) is 0 Å². The average molecular weight is 228 g/mol. The van der Waals surface area contributed by atoms with Crippen LogP contribution >= 0.6 is 0 Å². The molecular formula is C11H20N2O3. The Balaban J connectivity index is 1.59. The summed E-state index contributed by atoms with van der Waals surface area (Å²) in [6, 6.07) is 0.442. The van der Waals surface area contributed by atoms with Crippen molar-refractivity contribution in [3.05, 3.63) is 0 Å². The number of carbonyl (C=O) groups excluding carboxylic acids is 1. The molecule has 0 bridgehead atoms. The van der Waals surface area contributed by atoms with Crippen molar-refractivity contribution in [1.82, 2.24) is 10.2 Å². The van der Waals surface area contributed by atoms with Crippen molar-refractivity contribution < 1.29 is 14.3 Å². The highest BCUT2D eigenvalue weighted by Gasteiger charge is 2.18. The Morgan fingerprint density at radius 3 is 2.75 bits per heavy atom. The maximum atomic E-state index is 11.8. The number of carbonyl (C=O) groups is 1. The minimum absolute atomic E-state index is 0.231. The zero-order chi connectivity index (χ0) is 11.2. The van der Waals surface area contributed by atoms with Gasteiger partial charge in [-0.15, -0.1) is 0 Å². The lowest BCUT2D eigenvalue weighted by atomic mass is 10.2. The van der Waals surface area contributed by atoms with Crippen molar-refractivity contribution in [1.29, 1.82) is 0 Å². The highest BCUT2D eigenvalue weighted by molar-refractivity contribution is 5.76. The first-order chi connectivity index (χ1) is 7.86. The number of nitrogens with zero attached hydrogens (tertiary/aromatic N) is 1. The van der Waals surface area contributed by atoms with E-state index in [9.17, 15) is 4.79 Å². The van der Waals surface area contributed by atoms with Crippen molar-refractivity contribution >= 4 is 5.91 Å². The zero-order valence-electron chi connectivity index (χ0n) is 9.61. The minimum Gasteiger partial charge on any atom is -0.380 e. The van der Waals surface area contributed by atoms with E-state index in [0.29, 0.717) is 25.7 Å². The molecule has 1 unspecified atom stereocenters. The summed E-state index contributed by atoms with van der Waals surface area (Å²) in [6.07, 6.45) is 1.64. The van der Waals surface area contributed by atoms with Gasteiger partial charge in [-0.1, -0.05) is 0 Å². The lowest BCUT2D eigenvalue weighted by Crippen LogP contribution is -2.42. The van der Waals surface area contributed by atoms with Crippen molar-refractivity contribution in [2.75, 3.05) is 46.1 Å².